The highest BCUT2D eigenvalue weighted by Gasteiger charge is 2.36. The van der Waals surface area contributed by atoms with E-state index in [0.717, 1.165) is 0 Å². The van der Waals surface area contributed by atoms with Crippen molar-refractivity contribution in [3.05, 3.63) is 65.7 Å². The van der Waals surface area contributed by atoms with Gasteiger partial charge in [0.1, 0.15) is 5.92 Å². The van der Waals surface area contributed by atoms with Gasteiger partial charge in [0.05, 0.1) is 22.3 Å². The first-order valence-corrected chi connectivity index (χ1v) is 10.5. The van der Waals surface area contributed by atoms with Gasteiger partial charge < -0.3 is 15.1 Å². The molecule has 1 aliphatic heterocycles. The summed E-state index contributed by atoms with van der Waals surface area (Å²) in [5, 5.41) is 19.1. The number of aliphatic carboxylic acids is 1. The van der Waals surface area contributed by atoms with Gasteiger partial charge in [0.15, 0.2) is 9.84 Å². The summed E-state index contributed by atoms with van der Waals surface area (Å²) in [4.78, 5) is 25.5. The van der Waals surface area contributed by atoms with Gasteiger partial charge in [-0.05, 0) is 24.1 Å². The Kier molecular flexibility index (Phi) is 5.81. The van der Waals surface area contributed by atoms with E-state index in [9.17, 15) is 28.2 Å². The van der Waals surface area contributed by atoms with Gasteiger partial charge in [-0.3, -0.25) is 9.59 Å². The molecule has 1 fully saturated rings. The molecule has 0 spiro atoms. The Labute approximate surface area is 163 Å². The molecule has 2 atom stereocenters. The molecule has 1 saturated heterocycles. The first-order chi connectivity index (χ1) is 13.3. The Hall–Kier alpha value is -2.71. The van der Waals surface area contributed by atoms with Crippen molar-refractivity contribution in [1.82, 2.24) is 4.90 Å². The smallest absolute Gasteiger partial charge is 0.310 e. The number of piperidine rings is 1. The van der Waals surface area contributed by atoms with Gasteiger partial charge in [-0.25, -0.2) is 8.42 Å². The maximum Gasteiger partial charge on any atom is 0.310 e. The van der Waals surface area contributed by atoms with Crippen LogP contribution in [0.1, 0.15) is 22.3 Å². The minimum absolute atomic E-state index is 0.0129. The van der Waals surface area contributed by atoms with E-state index < -0.39 is 33.7 Å². The summed E-state index contributed by atoms with van der Waals surface area (Å²) in [6.45, 7) is -0.000746. The molecule has 0 radical (unpaired) electrons. The molecule has 148 valence electrons. The predicted octanol–water partition coefficient (Wildman–Crippen LogP) is 1.57. The van der Waals surface area contributed by atoms with Crippen molar-refractivity contribution in [2.45, 2.75) is 23.2 Å². The molecule has 8 heteroatoms. The van der Waals surface area contributed by atoms with Gasteiger partial charge in [-0.15, -0.1) is 0 Å². The third-order valence-electron chi connectivity index (χ3n) is 4.83. The average molecular weight is 403 g/mol. The summed E-state index contributed by atoms with van der Waals surface area (Å²) < 4.78 is 25.9. The van der Waals surface area contributed by atoms with Crippen LogP contribution in [0.15, 0.2) is 59.5 Å². The highest BCUT2D eigenvalue weighted by atomic mass is 32.2. The Morgan fingerprint density at radius 2 is 1.68 bits per heavy atom. The van der Waals surface area contributed by atoms with E-state index >= 15 is 0 Å². The number of hydrogen-bond donors (Lipinski definition) is 2. The van der Waals surface area contributed by atoms with E-state index in [1.807, 2.05) is 0 Å². The molecular formula is C20H21NO6S. The molecule has 0 aliphatic carbocycles. The van der Waals surface area contributed by atoms with Gasteiger partial charge in [0, 0.05) is 13.1 Å². The first kappa shape index (κ1) is 20.0. The maximum atomic E-state index is 13.0. The van der Waals surface area contributed by atoms with Crippen LogP contribution in [0.2, 0.25) is 0 Å². The second-order valence-corrected chi connectivity index (χ2v) is 8.75. The van der Waals surface area contributed by atoms with E-state index in [0.29, 0.717) is 5.56 Å². The minimum Gasteiger partial charge on any atom is -0.481 e. The van der Waals surface area contributed by atoms with Crippen LogP contribution in [0.4, 0.5) is 0 Å². The van der Waals surface area contributed by atoms with Crippen LogP contribution in [0.3, 0.4) is 0 Å². The molecule has 0 aromatic heterocycles. The number of carboxylic acids is 1. The largest absolute Gasteiger partial charge is 0.481 e. The number of carbonyl (C=O) groups excluding carboxylic acids is 1. The summed E-state index contributed by atoms with van der Waals surface area (Å²) >= 11 is 0. The zero-order valence-corrected chi connectivity index (χ0v) is 15.9. The molecule has 0 unspecified atom stereocenters. The van der Waals surface area contributed by atoms with Gasteiger partial charge >= 0.3 is 5.97 Å². The highest BCUT2D eigenvalue weighted by Crippen LogP contribution is 2.25. The van der Waals surface area contributed by atoms with Crippen LogP contribution < -0.4 is 0 Å². The van der Waals surface area contributed by atoms with Gasteiger partial charge in [-0.1, -0.05) is 42.5 Å². The van der Waals surface area contributed by atoms with Gasteiger partial charge in [0.2, 0.25) is 0 Å². The summed E-state index contributed by atoms with van der Waals surface area (Å²) in [5.41, 5.74) is 0.621. The van der Waals surface area contributed by atoms with Gasteiger partial charge in [0.25, 0.3) is 5.91 Å². The summed E-state index contributed by atoms with van der Waals surface area (Å²) in [6.07, 6.45) is -0.902. The zero-order valence-electron chi connectivity index (χ0n) is 15.1. The predicted molar refractivity (Wildman–Crippen MR) is 101 cm³/mol. The van der Waals surface area contributed by atoms with Crippen molar-refractivity contribution in [3.8, 4) is 0 Å². The fourth-order valence-corrected chi connectivity index (χ4v) is 4.89. The van der Waals surface area contributed by atoms with Crippen molar-refractivity contribution >= 4 is 21.7 Å². The molecule has 1 amide bonds. The number of hydrogen-bond acceptors (Lipinski definition) is 5. The molecule has 1 aliphatic rings. The second kappa shape index (κ2) is 8.12. The monoisotopic (exact) mass is 403 g/mol. The quantitative estimate of drug-likeness (QED) is 0.784. The Morgan fingerprint density at radius 1 is 1.04 bits per heavy atom. The standard InChI is InChI=1S/C20H21NO6S/c22-17-10-11-21(12-16(17)20(24)25)19(23)15-8-4-5-9-18(15)28(26,27)13-14-6-2-1-3-7-14/h1-9,16-17,22H,10-13H2,(H,24,25)/t16-,17+/m1/s1. The fraction of sp³-hybridized carbons (Fsp3) is 0.300. The molecule has 28 heavy (non-hydrogen) atoms. The van der Waals surface area contributed by atoms with E-state index in [2.05, 4.69) is 0 Å². The minimum atomic E-state index is -3.78. The Morgan fingerprint density at radius 3 is 2.36 bits per heavy atom. The lowest BCUT2D eigenvalue weighted by Crippen LogP contribution is -2.49. The molecule has 0 bridgehead atoms. The second-order valence-electron chi connectivity index (χ2n) is 6.79. The molecule has 1 heterocycles. The lowest BCUT2D eigenvalue weighted by atomic mass is 9.94. The van der Waals surface area contributed by atoms with Crippen molar-refractivity contribution in [2.75, 3.05) is 13.1 Å². The number of likely N-dealkylation sites (tertiary alicyclic amines) is 1. The van der Waals surface area contributed by atoms with Crippen LogP contribution in [0.5, 0.6) is 0 Å². The molecule has 2 aromatic rings. The molecular weight excluding hydrogens is 382 g/mol. The molecule has 3 rings (SSSR count). The number of sulfone groups is 1. The molecule has 2 N–H and O–H groups in total. The summed E-state index contributed by atoms with van der Waals surface area (Å²) in [6, 6.07) is 14.6. The first-order valence-electron chi connectivity index (χ1n) is 8.85. The Bertz CT molecular complexity index is 973. The van der Waals surface area contributed by atoms with Crippen LogP contribution in [0.25, 0.3) is 0 Å². The number of nitrogens with zero attached hydrogens (tertiary/aromatic N) is 1. The third-order valence-corrected chi connectivity index (χ3v) is 6.57. The number of aliphatic hydroxyl groups is 1. The lowest BCUT2D eigenvalue weighted by molar-refractivity contribution is -0.148. The number of carbonyl (C=O) groups is 2. The number of aliphatic hydroxyl groups excluding tert-OH is 1. The van der Waals surface area contributed by atoms with Crippen molar-refractivity contribution in [3.63, 3.8) is 0 Å². The van der Waals surface area contributed by atoms with Crippen molar-refractivity contribution in [2.24, 2.45) is 5.92 Å². The number of carboxylic acid groups (broad SMARTS) is 1. The normalized spacial score (nSPS) is 20.0. The summed E-state index contributed by atoms with van der Waals surface area (Å²) in [7, 11) is -3.78. The van der Waals surface area contributed by atoms with E-state index in [4.69, 9.17) is 0 Å². The van der Waals surface area contributed by atoms with Crippen LogP contribution >= 0.6 is 0 Å². The SMILES string of the molecule is O=C(O)[C@@H]1CN(C(=O)c2ccccc2S(=O)(=O)Cc2ccccc2)CC[C@@H]1O. The van der Waals surface area contributed by atoms with Crippen molar-refractivity contribution in [1.29, 1.82) is 0 Å². The lowest BCUT2D eigenvalue weighted by Gasteiger charge is -2.34. The topological polar surface area (TPSA) is 112 Å². The average Bonchev–Trinajstić information content (AvgIpc) is 2.68. The van der Waals surface area contributed by atoms with Gasteiger partial charge in [-0.2, -0.15) is 0 Å². The number of benzene rings is 2. The van der Waals surface area contributed by atoms with Crippen LogP contribution in [-0.4, -0.2) is 54.6 Å². The van der Waals surface area contributed by atoms with E-state index in [1.54, 1.807) is 42.5 Å². The van der Waals surface area contributed by atoms with Crippen LogP contribution in [0, 0.1) is 5.92 Å². The molecule has 0 saturated carbocycles. The number of rotatable bonds is 5. The Balaban J connectivity index is 1.89. The maximum absolute atomic E-state index is 13.0. The summed E-state index contributed by atoms with van der Waals surface area (Å²) in [5.74, 6) is -3.07. The van der Waals surface area contributed by atoms with E-state index in [1.165, 1.54) is 17.0 Å². The zero-order chi connectivity index (χ0) is 20.3. The number of amides is 1. The third kappa shape index (κ3) is 4.23. The highest BCUT2D eigenvalue weighted by molar-refractivity contribution is 7.90. The molecule has 2 aromatic carbocycles. The molecule has 7 nitrogen and oxygen atoms in total. The van der Waals surface area contributed by atoms with Crippen LogP contribution in [-0.2, 0) is 20.4 Å². The van der Waals surface area contributed by atoms with E-state index in [-0.39, 0.29) is 35.7 Å². The fourth-order valence-electron chi connectivity index (χ4n) is 3.32. The van der Waals surface area contributed by atoms with Crippen molar-refractivity contribution < 1.29 is 28.2 Å².